The first-order valence-corrected chi connectivity index (χ1v) is 6.27. The van der Waals surface area contributed by atoms with E-state index in [1.54, 1.807) is 12.1 Å². The van der Waals surface area contributed by atoms with Gasteiger partial charge in [-0.15, -0.1) is 0 Å². The SMILES string of the molecule is COc1cc(C(=O)N(CC(=O)O)C2CC2)ccc1Cl. The molecule has 0 heterocycles. The summed E-state index contributed by atoms with van der Waals surface area (Å²) in [6.07, 6.45) is 1.70. The van der Waals surface area contributed by atoms with Crippen molar-refractivity contribution in [2.24, 2.45) is 0 Å². The van der Waals surface area contributed by atoms with Gasteiger partial charge in [-0.25, -0.2) is 0 Å². The molecule has 2 rings (SSSR count). The van der Waals surface area contributed by atoms with E-state index in [0.717, 1.165) is 12.8 Å². The van der Waals surface area contributed by atoms with Crippen molar-refractivity contribution in [3.63, 3.8) is 0 Å². The summed E-state index contributed by atoms with van der Waals surface area (Å²) in [6, 6.07) is 4.71. The monoisotopic (exact) mass is 283 g/mol. The van der Waals surface area contributed by atoms with Crippen LogP contribution < -0.4 is 4.74 Å². The Morgan fingerprint density at radius 2 is 2.16 bits per heavy atom. The molecule has 1 N–H and O–H groups in total. The normalized spacial score (nSPS) is 14.0. The molecule has 0 unspecified atom stereocenters. The number of hydrogen-bond donors (Lipinski definition) is 1. The molecule has 0 aromatic heterocycles. The second-order valence-electron chi connectivity index (χ2n) is 4.41. The van der Waals surface area contributed by atoms with E-state index in [9.17, 15) is 9.59 Å². The second-order valence-corrected chi connectivity index (χ2v) is 4.81. The molecule has 1 fully saturated rings. The summed E-state index contributed by atoms with van der Waals surface area (Å²) in [6.45, 7) is -0.283. The number of nitrogens with zero attached hydrogens (tertiary/aromatic N) is 1. The minimum absolute atomic E-state index is 0.0327. The number of methoxy groups -OCH3 is 1. The van der Waals surface area contributed by atoms with Crippen LogP contribution in [0.25, 0.3) is 0 Å². The minimum Gasteiger partial charge on any atom is -0.495 e. The van der Waals surface area contributed by atoms with Crippen molar-refractivity contribution < 1.29 is 19.4 Å². The molecule has 0 spiro atoms. The van der Waals surface area contributed by atoms with Crippen LogP contribution in [0, 0.1) is 0 Å². The van der Waals surface area contributed by atoms with Gasteiger partial charge in [0, 0.05) is 11.6 Å². The summed E-state index contributed by atoms with van der Waals surface area (Å²) < 4.78 is 5.05. The molecule has 1 aliphatic carbocycles. The molecule has 1 saturated carbocycles. The van der Waals surface area contributed by atoms with Gasteiger partial charge in [0.1, 0.15) is 12.3 Å². The average molecular weight is 284 g/mol. The van der Waals surface area contributed by atoms with Crippen LogP contribution in [-0.2, 0) is 4.79 Å². The van der Waals surface area contributed by atoms with Crippen LogP contribution in [0.4, 0.5) is 0 Å². The van der Waals surface area contributed by atoms with Crippen molar-refractivity contribution in [3.8, 4) is 5.75 Å². The van der Waals surface area contributed by atoms with E-state index in [2.05, 4.69) is 0 Å². The van der Waals surface area contributed by atoms with Gasteiger partial charge in [-0.3, -0.25) is 9.59 Å². The highest BCUT2D eigenvalue weighted by atomic mass is 35.5. The van der Waals surface area contributed by atoms with Gasteiger partial charge in [-0.2, -0.15) is 0 Å². The number of carbonyl (C=O) groups excluding carboxylic acids is 1. The molecule has 1 aromatic carbocycles. The number of carboxylic acids is 1. The highest BCUT2D eigenvalue weighted by Crippen LogP contribution is 2.30. The number of aliphatic carboxylic acids is 1. The summed E-state index contributed by atoms with van der Waals surface area (Å²) in [7, 11) is 1.46. The molecular weight excluding hydrogens is 270 g/mol. The zero-order valence-corrected chi connectivity index (χ0v) is 11.2. The highest BCUT2D eigenvalue weighted by Gasteiger charge is 2.34. The maximum Gasteiger partial charge on any atom is 0.323 e. The topological polar surface area (TPSA) is 66.8 Å². The molecule has 5 nitrogen and oxygen atoms in total. The van der Waals surface area contributed by atoms with Gasteiger partial charge >= 0.3 is 5.97 Å². The van der Waals surface area contributed by atoms with Crippen LogP contribution in [0.5, 0.6) is 5.75 Å². The predicted octanol–water partition coefficient (Wildman–Crippen LogP) is 2.04. The van der Waals surface area contributed by atoms with Gasteiger partial charge in [0.05, 0.1) is 12.1 Å². The van der Waals surface area contributed by atoms with Crippen LogP contribution in [0.15, 0.2) is 18.2 Å². The molecule has 102 valence electrons. The lowest BCUT2D eigenvalue weighted by molar-refractivity contribution is -0.137. The van der Waals surface area contributed by atoms with Crippen molar-refractivity contribution in [3.05, 3.63) is 28.8 Å². The molecule has 0 atom stereocenters. The molecule has 0 radical (unpaired) electrons. The fourth-order valence-electron chi connectivity index (χ4n) is 1.86. The smallest absolute Gasteiger partial charge is 0.323 e. The maximum absolute atomic E-state index is 12.3. The van der Waals surface area contributed by atoms with E-state index in [-0.39, 0.29) is 18.5 Å². The van der Waals surface area contributed by atoms with E-state index in [1.807, 2.05) is 0 Å². The van der Waals surface area contributed by atoms with Crippen molar-refractivity contribution in [1.29, 1.82) is 0 Å². The third-order valence-corrected chi connectivity index (χ3v) is 3.26. The van der Waals surface area contributed by atoms with E-state index in [1.165, 1.54) is 18.1 Å². The van der Waals surface area contributed by atoms with Crippen molar-refractivity contribution in [2.75, 3.05) is 13.7 Å². The molecule has 0 saturated heterocycles. The van der Waals surface area contributed by atoms with Crippen LogP contribution in [0.2, 0.25) is 5.02 Å². The molecule has 19 heavy (non-hydrogen) atoms. The van der Waals surface area contributed by atoms with Gasteiger partial charge in [0.25, 0.3) is 5.91 Å². The largest absolute Gasteiger partial charge is 0.495 e. The lowest BCUT2D eigenvalue weighted by atomic mass is 10.2. The van der Waals surface area contributed by atoms with Gasteiger partial charge < -0.3 is 14.7 Å². The summed E-state index contributed by atoms with van der Waals surface area (Å²) in [5.41, 5.74) is 0.384. The second kappa shape index (κ2) is 5.48. The first kappa shape index (κ1) is 13.7. The summed E-state index contributed by atoms with van der Waals surface area (Å²) in [4.78, 5) is 24.5. The number of benzene rings is 1. The van der Waals surface area contributed by atoms with Crippen LogP contribution in [-0.4, -0.2) is 41.6 Å². The lowest BCUT2D eigenvalue weighted by Crippen LogP contribution is -2.37. The van der Waals surface area contributed by atoms with Crippen LogP contribution in [0.3, 0.4) is 0 Å². The van der Waals surface area contributed by atoms with Gasteiger partial charge in [0.15, 0.2) is 0 Å². The van der Waals surface area contributed by atoms with E-state index in [4.69, 9.17) is 21.4 Å². The zero-order chi connectivity index (χ0) is 14.0. The summed E-state index contributed by atoms with van der Waals surface area (Å²) >= 11 is 5.90. The fourth-order valence-corrected chi connectivity index (χ4v) is 2.05. The first-order valence-electron chi connectivity index (χ1n) is 5.89. The third kappa shape index (κ3) is 3.17. The van der Waals surface area contributed by atoms with Crippen molar-refractivity contribution >= 4 is 23.5 Å². The Kier molecular flexibility index (Phi) is 3.95. The quantitative estimate of drug-likeness (QED) is 0.898. The Bertz CT molecular complexity index is 513. The van der Waals surface area contributed by atoms with Crippen molar-refractivity contribution in [1.82, 2.24) is 4.90 Å². The number of carboxylic acid groups (broad SMARTS) is 1. The lowest BCUT2D eigenvalue weighted by Gasteiger charge is -2.20. The Balaban J connectivity index is 2.23. The number of hydrogen-bond acceptors (Lipinski definition) is 3. The molecule has 6 heteroatoms. The van der Waals surface area contributed by atoms with E-state index < -0.39 is 5.97 Å². The van der Waals surface area contributed by atoms with Gasteiger partial charge in [-0.1, -0.05) is 11.6 Å². The molecule has 1 amide bonds. The zero-order valence-electron chi connectivity index (χ0n) is 10.4. The molecule has 0 aliphatic heterocycles. The van der Waals surface area contributed by atoms with Crippen LogP contribution >= 0.6 is 11.6 Å². The minimum atomic E-state index is -1.01. The van der Waals surface area contributed by atoms with Gasteiger partial charge in [-0.05, 0) is 31.0 Å². The standard InChI is InChI=1S/C13H14ClNO4/c1-19-11-6-8(2-5-10(11)14)13(18)15(7-12(16)17)9-3-4-9/h2,5-6,9H,3-4,7H2,1H3,(H,16,17). The number of ether oxygens (including phenoxy) is 1. The number of halogens is 1. The molecule has 1 aliphatic rings. The number of amides is 1. The maximum atomic E-state index is 12.3. The third-order valence-electron chi connectivity index (χ3n) is 2.95. The summed E-state index contributed by atoms with van der Waals surface area (Å²) in [5.74, 6) is -0.917. The fraction of sp³-hybridized carbons (Fsp3) is 0.385. The summed E-state index contributed by atoms with van der Waals surface area (Å²) in [5, 5.41) is 9.27. The van der Waals surface area contributed by atoms with Crippen molar-refractivity contribution in [2.45, 2.75) is 18.9 Å². The van der Waals surface area contributed by atoms with E-state index in [0.29, 0.717) is 16.3 Å². The Labute approximate surface area is 115 Å². The average Bonchev–Trinajstić information content (AvgIpc) is 3.20. The van der Waals surface area contributed by atoms with Gasteiger partial charge in [0.2, 0.25) is 0 Å². The predicted molar refractivity (Wildman–Crippen MR) is 69.7 cm³/mol. The Morgan fingerprint density at radius 3 is 2.68 bits per heavy atom. The van der Waals surface area contributed by atoms with E-state index >= 15 is 0 Å². The molecule has 1 aromatic rings. The van der Waals surface area contributed by atoms with Crippen LogP contribution in [0.1, 0.15) is 23.2 Å². The Morgan fingerprint density at radius 1 is 1.47 bits per heavy atom. The number of rotatable bonds is 5. The first-order chi connectivity index (χ1) is 9.02. The number of carbonyl (C=O) groups is 2. The molecule has 0 bridgehead atoms. The highest BCUT2D eigenvalue weighted by molar-refractivity contribution is 6.32. The Hall–Kier alpha value is -1.75. The molecular formula is C13H14ClNO4.